The smallest absolute Gasteiger partial charge is 0.311 e. The maximum Gasteiger partial charge on any atom is 0.311 e. The number of nitrogens with zero attached hydrogens (tertiary/aromatic N) is 2. The number of benzene rings is 3. The molecule has 0 aromatic heterocycles. The minimum absolute atomic E-state index is 0.262. The van der Waals surface area contributed by atoms with Gasteiger partial charge in [0.25, 0.3) is 0 Å². The normalized spacial score (nSPS) is 10.8. The van der Waals surface area contributed by atoms with Crippen molar-refractivity contribution in [1.82, 2.24) is 0 Å². The lowest BCUT2D eigenvalue weighted by molar-refractivity contribution is -0.385. The van der Waals surface area contributed by atoms with Crippen LogP contribution in [0.25, 0.3) is 0 Å². The van der Waals surface area contributed by atoms with E-state index in [1.165, 1.54) is 18.3 Å². The zero-order chi connectivity index (χ0) is 18.5. The molecule has 0 aliphatic rings. The second kappa shape index (κ2) is 7.67. The first-order chi connectivity index (χ1) is 12.5. The van der Waals surface area contributed by atoms with Crippen molar-refractivity contribution >= 4 is 29.2 Å². The van der Waals surface area contributed by atoms with Crippen molar-refractivity contribution < 1.29 is 14.8 Å². The molecule has 0 fully saturated rings. The molecule has 0 spiro atoms. The minimum atomic E-state index is -0.644. The van der Waals surface area contributed by atoms with Gasteiger partial charge in [0, 0.05) is 22.9 Å². The summed E-state index contributed by atoms with van der Waals surface area (Å²) < 4.78 is 5.69. The predicted molar refractivity (Wildman–Crippen MR) is 100.0 cm³/mol. The number of ether oxygens (including phenoxy) is 1. The van der Waals surface area contributed by atoms with E-state index in [0.717, 1.165) is 0 Å². The predicted octanol–water partition coefficient (Wildman–Crippen LogP) is 5.50. The summed E-state index contributed by atoms with van der Waals surface area (Å²) in [6.07, 6.45) is 1.37. The zero-order valence-corrected chi connectivity index (χ0v) is 14.1. The highest BCUT2D eigenvalue weighted by Crippen LogP contribution is 2.29. The molecular formula is C19H13ClN2O4. The van der Waals surface area contributed by atoms with Crippen LogP contribution in [0.2, 0.25) is 5.02 Å². The molecule has 0 saturated carbocycles. The fraction of sp³-hybridized carbons (Fsp3) is 0. The van der Waals surface area contributed by atoms with E-state index in [1.54, 1.807) is 54.6 Å². The summed E-state index contributed by atoms with van der Waals surface area (Å²) >= 11 is 5.92. The first-order valence-corrected chi connectivity index (χ1v) is 7.94. The Bertz CT molecular complexity index is 972. The van der Waals surface area contributed by atoms with Gasteiger partial charge in [0.1, 0.15) is 11.5 Å². The van der Waals surface area contributed by atoms with Crippen LogP contribution in [0, 0.1) is 10.1 Å². The molecule has 0 aliphatic heterocycles. The number of nitro groups is 1. The van der Waals surface area contributed by atoms with Crippen LogP contribution in [0.3, 0.4) is 0 Å². The molecule has 0 amide bonds. The lowest BCUT2D eigenvalue weighted by Crippen LogP contribution is -1.91. The molecule has 3 rings (SSSR count). The molecule has 0 bridgehead atoms. The lowest BCUT2D eigenvalue weighted by atomic mass is 10.2. The van der Waals surface area contributed by atoms with E-state index >= 15 is 0 Å². The maximum absolute atomic E-state index is 10.8. The highest BCUT2D eigenvalue weighted by molar-refractivity contribution is 6.30. The summed E-state index contributed by atoms with van der Waals surface area (Å²) in [6, 6.07) is 18.2. The number of rotatable bonds is 5. The SMILES string of the molecule is O=[N+]([O-])c1cccc(C=Nc2ccc(Oc3cccc(Cl)c3)cc2)c1O. The van der Waals surface area contributed by atoms with E-state index < -0.39 is 10.7 Å². The van der Waals surface area contributed by atoms with Gasteiger partial charge >= 0.3 is 5.69 Å². The van der Waals surface area contributed by atoms with Crippen molar-refractivity contribution in [2.24, 2.45) is 4.99 Å². The van der Waals surface area contributed by atoms with Crippen LogP contribution in [0.5, 0.6) is 17.2 Å². The van der Waals surface area contributed by atoms with Gasteiger partial charge in [-0.3, -0.25) is 15.1 Å². The number of aromatic hydroxyl groups is 1. The third kappa shape index (κ3) is 4.17. The van der Waals surface area contributed by atoms with Gasteiger partial charge in [-0.05, 0) is 48.5 Å². The second-order valence-electron chi connectivity index (χ2n) is 5.28. The van der Waals surface area contributed by atoms with Crippen LogP contribution in [0.15, 0.2) is 71.7 Å². The number of halogens is 1. The number of hydrogen-bond acceptors (Lipinski definition) is 5. The molecule has 6 nitrogen and oxygen atoms in total. The Morgan fingerprint density at radius 1 is 1.04 bits per heavy atom. The molecule has 0 atom stereocenters. The second-order valence-corrected chi connectivity index (χ2v) is 5.72. The molecule has 7 heteroatoms. The van der Waals surface area contributed by atoms with Gasteiger partial charge < -0.3 is 9.84 Å². The van der Waals surface area contributed by atoms with Crippen molar-refractivity contribution in [3.63, 3.8) is 0 Å². The van der Waals surface area contributed by atoms with Crippen LogP contribution >= 0.6 is 11.6 Å². The van der Waals surface area contributed by atoms with E-state index in [0.29, 0.717) is 22.2 Å². The van der Waals surface area contributed by atoms with Crippen LogP contribution in [-0.4, -0.2) is 16.2 Å². The number of phenols is 1. The molecule has 3 aromatic carbocycles. The Kier molecular flexibility index (Phi) is 5.15. The van der Waals surface area contributed by atoms with E-state index in [2.05, 4.69) is 4.99 Å². The summed E-state index contributed by atoms with van der Waals surface area (Å²) in [5.41, 5.74) is 0.507. The highest BCUT2D eigenvalue weighted by atomic mass is 35.5. The maximum atomic E-state index is 10.8. The zero-order valence-electron chi connectivity index (χ0n) is 13.4. The Morgan fingerprint density at radius 2 is 1.77 bits per heavy atom. The lowest BCUT2D eigenvalue weighted by Gasteiger charge is -2.06. The summed E-state index contributed by atoms with van der Waals surface area (Å²) in [6.45, 7) is 0. The number of hydrogen-bond donors (Lipinski definition) is 1. The molecule has 0 aliphatic carbocycles. The molecule has 0 heterocycles. The molecular weight excluding hydrogens is 356 g/mol. The summed E-state index contributed by atoms with van der Waals surface area (Å²) in [7, 11) is 0. The van der Waals surface area contributed by atoms with Gasteiger partial charge in [0.05, 0.1) is 10.6 Å². The number of para-hydroxylation sites is 1. The molecule has 130 valence electrons. The first kappa shape index (κ1) is 17.4. The van der Waals surface area contributed by atoms with Crippen LogP contribution in [0.1, 0.15) is 5.56 Å². The van der Waals surface area contributed by atoms with Crippen molar-refractivity contribution in [3.05, 3.63) is 87.4 Å². The molecule has 0 radical (unpaired) electrons. The Labute approximate surface area is 154 Å². The largest absolute Gasteiger partial charge is 0.502 e. The number of aliphatic imine (C=N–C) groups is 1. The van der Waals surface area contributed by atoms with E-state index in [9.17, 15) is 15.2 Å². The Balaban J connectivity index is 1.74. The monoisotopic (exact) mass is 368 g/mol. The van der Waals surface area contributed by atoms with Gasteiger partial charge in [-0.2, -0.15) is 0 Å². The average molecular weight is 369 g/mol. The van der Waals surface area contributed by atoms with Crippen LogP contribution < -0.4 is 4.74 Å². The fourth-order valence-electron chi connectivity index (χ4n) is 2.21. The van der Waals surface area contributed by atoms with Crippen molar-refractivity contribution in [1.29, 1.82) is 0 Å². The van der Waals surface area contributed by atoms with E-state index in [1.807, 2.05) is 0 Å². The minimum Gasteiger partial charge on any atom is -0.502 e. The van der Waals surface area contributed by atoms with Crippen molar-refractivity contribution in [3.8, 4) is 17.2 Å². The Morgan fingerprint density at radius 3 is 2.46 bits per heavy atom. The fourth-order valence-corrected chi connectivity index (χ4v) is 2.39. The van der Waals surface area contributed by atoms with Crippen molar-refractivity contribution in [2.75, 3.05) is 0 Å². The molecule has 0 saturated heterocycles. The molecule has 0 unspecified atom stereocenters. The number of nitro benzene ring substituents is 1. The van der Waals surface area contributed by atoms with Gasteiger partial charge in [-0.15, -0.1) is 0 Å². The molecule has 1 N–H and O–H groups in total. The summed E-state index contributed by atoms with van der Waals surface area (Å²) in [5.74, 6) is 0.821. The van der Waals surface area contributed by atoms with Gasteiger partial charge in [-0.25, -0.2) is 0 Å². The van der Waals surface area contributed by atoms with Gasteiger partial charge in [0.2, 0.25) is 5.75 Å². The van der Waals surface area contributed by atoms with Gasteiger partial charge in [0.15, 0.2) is 0 Å². The molecule has 3 aromatic rings. The summed E-state index contributed by atoms with van der Waals surface area (Å²) in [4.78, 5) is 14.4. The first-order valence-electron chi connectivity index (χ1n) is 7.57. The van der Waals surface area contributed by atoms with E-state index in [4.69, 9.17) is 16.3 Å². The van der Waals surface area contributed by atoms with Gasteiger partial charge in [-0.1, -0.05) is 23.7 Å². The third-order valence-electron chi connectivity index (χ3n) is 3.46. The quantitative estimate of drug-likeness (QED) is 0.366. The summed E-state index contributed by atoms with van der Waals surface area (Å²) in [5, 5.41) is 21.3. The number of phenolic OH excluding ortho intramolecular Hbond substituents is 1. The van der Waals surface area contributed by atoms with Crippen molar-refractivity contribution in [2.45, 2.75) is 0 Å². The average Bonchev–Trinajstić information content (AvgIpc) is 2.62. The highest BCUT2D eigenvalue weighted by Gasteiger charge is 2.14. The van der Waals surface area contributed by atoms with Crippen LogP contribution in [-0.2, 0) is 0 Å². The van der Waals surface area contributed by atoms with Crippen LogP contribution in [0.4, 0.5) is 11.4 Å². The van der Waals surface area contributed by atoms with E-state index in [-0.39, 0.29) is 11.3 Å². The third-order valence-corrected chi connectivity index (χ3v) is 3.70. The molecule has 26 heavy (non-hydrogen) atoms. The Hall–Kier alpha value is -3.38. The topological polar surface area (TPSA) is 85.0 Å². The standard InChI is InChI=1S/C19H13ClN2O4/c20-14-4-2-5-17(11-14)26-16-9-7-15(8-10-16)21-12-13-3-1-6-18(19(13)23)22(24)25/h1-12,23H.